The van der Waals surface area contributed by atoms with Crippen molar-refractivity contribution >= 4 is 0 Å². The molecule has 0 heterocycles. The van der Waals surface area contributed by atoms with Gasteiger partial charge < -0.3 is 19.9 Å². The van der Waals surface area contributed by atoms with E-state index in [1.54, 1.807) is 7.11 Å². The van der Waals surface area contributed by atoms with Crippen molar-refractivity contribution in [2.45, 2.75) is 37.8 Å². The molecule has 140 valence electrons. The zero-order valence-electron chi connectivity index (χ0n) is 15.5. The summed E-state index contributed by atoms with van der Waals surface area (Å²) >= 11 is 0. The number of hydrogen-bond donors (Lipinski definition) is 2. The van der Waals surface area contributed by atoms with Gasteiger partial charge in [-0.1, -0.05) is 36.4 Å². The van der Waals surface area contributed by atoms with E-state index in [0.29, 0.717) is 19.2 Å². The van der Waals surface area contributed by atoms with E-state index in [4.69, 9.17) is 9.47 Å². The summed E-state index contributed by atoms with van der Waals surface area (Å²) in [5, 5.41) is 13.7. The minimum atomic E-state index is -0.514. The van der Waals surface area contributed by atoms with Crippen LogP contribution in [0, 0.1) is 0 Å². The van der Waals surface area contributed by atoms with Gasteiger partial charge in [-0.15, -0.1) is 0 Å². The Morgan fingerprint density at radius 2 is 1.88 bits per heavy atom. The molecule has 0 saturated carbocycles. The molecule has 0 saturated heterocycles. The lowest BCUT2D eigenvalue weighted by molar-refractivity contribution is 0.103. The van der Waals surface area contributed by atoms with Crippen LogP contribution >= 0.6 is 0 Å². The van der Waals surface area contributed by atoms with Gasteiger partial charge in [0.2, 0.25) is 0 Å². The van der Waals surface area contributed by atoms with Crippen molar-refractivity contribution in [3.63, 3.8) is 0 Å². The van der Waals surface area contributed by atoms with E-state index in [9.17, 15) is 5.11 Å². The van der Waals surface area contributed by atoms with Crippen LogP contribution < -0.4 is 10.1 Å². The molecule has 1 aliphatic carbocycles. The molecule has 0 spiro atoms. The Morgan fingerprint density at radius 1 is 1.12 bits per heavy atom. The number of fused-ring (bicyclic) bond motifs is 1. The Kier molecular flexibility index (Phi) is 7.06. The van der Waals surface area contributed by atoms with Crippen LogP contribution in [0.5, 0.6) is 5.75 Å². The molecule has 0 amide bonds. The van der Waals surface area contributed by atoms with Crippen LogP contribution in [0.1, 0.15) is 23.1 Å². The van der Waals surface area contributed by atoms with Gasteiger partial charge in [0.05, 0.1) is 6.61 Å². The summed E-state index contributed by atoms with van der Waals surface area (Å²) in [6.07, 6.45) is 3.64. The first-order chi connectivity index (χ1) is 12.7. The van der Waals surface area contributed by atoms with Crippen molar-refractivity contribution in [2.75, 3.05) is 26.9 Å². The first kappa shape index (κ1) is 18.9. The number of benzene rings is 2. The van der Waals surface area contributed by atoms with E-state index in [1.807, 2.05) is 24.3 Å². The SMILES string of the molecule is COCCc1ccc(OCC(O)CNC2CCc3ccccc3C2)cc1. The Bertz CT molecular complexity index is 671. The minimum absolute atomic E-state index is 0.299. The van der Waals surface area contributed by atoms with Gasteiger partial charge in [-0.3, -0.25) is 0 Å². The molecular weight excluding hydrogens is 326 g/mol. The van der Waals surface area contributed by atoms with Crippen LogP contribution in [0.3, 0.4) is 0 Å². The molecule has 1 aliphatic rings. The average molecular weight is 355 g/mol. The van der Waals surface area contributed by atoms with Gasteiger partial charge in [0.15, 0.2) is 0 Å². The number of aliphatic hydroxyl groups excluding tert-OH is 1. The summed E-state index contributed by atoms with van der Waals surface area (Å²) < 4.78 is 10.8. The molecule has 2 aromatic carbocycles. The van der Waals surface area contributed by atoms with E-state index < -0.39 is 6.10 Å². The minimum Gasteiger partial charge on any atom is -0.491 e. The largest absolute Gasteiger partial charge is 0.491 e. The Labute approximate surface area is 156 Å². The van der Waals surface area contributed by atoms with E-state index in [1.165, 1.54) is 16.7 Å². The monoisotopic (exact) mass is 355 g/mol. The molecule has 4 nitrogen and oxygen atoms in total. The zero-order chi connectivity index (χ0) is 18.2. The van der Waals surface area contributed by atoms with Gasteiger partial charge in [-0.05, 0) is 54.5 Å². The molecular formula is C22H29NO3. The summed E-state index contributed by atoms with van der Waals surface area (Å²) in [4.78, 5) is 0. The number of rotatable bonds is 9. The van der Waals surface area contributed by atoms with Crippen molar-refractivity contribution < 1.29 is 14.6 Å². The highest BCUT2D eigenvalue weighted by Gasteiger charge is 2.18. The van der Waals surface area contributed by atoms with Crippen molar-refractivity contribution in [3.8, 4) is 5.75 Å². The van der Waals surface area contributed by atoms with Gasteiger partial charge >= 0.3 is 0 Å². The molecule has 2 aromatic rings. The molecule has 0 fully saturated rings. The highest BCUT2D eigenvalue weighted by atomic mass is 16.5. The van der Waals surface area contributed by atoms with Crippen molar-refractivity contribution in [2.24, 2.45) is 0 Å². The van der Waals surface area contributed by atoms with Crippen LogP contribution in [0.25, 0.3) is 0 Å². The highest BCUT2D eigenvalue weighted by Crippen LogP contribution is 2.21. The first-order valence-corrected chi connectivity index (χ1v) is 9.43. The number of aryl methyl sites for hydroxylation is 1. The average Bonchev–Trinajstić information content (AvgIpc) is 2.69. The standard InChI is InChI=1S/C22H29NO3/c1-25-13-12-17-6-10-22(11-7-17)26-16-21(24)15-23-20-9-8-18-4-2-3-5-19(18)14-20/h2-7,10-11,20-21,23-24H,8-9,12-16H2,1H3. The number of nitrogens with one attached hydrogen (secondary N) is 1. The lowest BCUT2D eigenvalue weighted by atomic mass is 9.88. The Morgan fingerprint density at radius 3 is 2.65 bits per heavy atom. The van der Waals surface area contributed by atoms with Gasteiger partial charge in [-0.25, -0.2) is 0 Å². The molecule has 3 rings (SSSR count). The molecule has 0 aliphatic heterocycles. The van der Waals surface area contributed by atoms with E-state index in [2.05, 4.69) is 29.6 Å². The summed E-state index contributed by atoms with van der Waals surface area (Å²) in [5.41, 5.74) is 4.11. The molecule has 2 unspecified atom stereocenters. The first-order valence-electron chi connectivity index (χ1n) is 9.43. The number of ether oxygens (including phenoxy) is 2. The van der Waals surface area contributed by atoms with Crippen molar-refractivity contribution in [1.82, 2.24) is 5.32 Å². The zero-order valence-corrected chi connectivity index (χ0v) is 15.5. The second kappa shape index (κ2) is 9.72. The lowest BCUT2D eigenvalue weighted by Gasteiger charge is -2.26. The fraction of sp³-hybridized carbons (Fsp3) is 0.455. The molecule has 0 aromatic heterocycles. The third-order valence-corrected chi connectivity index (χ3v) is 4.95. The second-order valence-electron chi connectivity index (χ2n) is 6.97. The third kappa shape index (κ3) is 5.56. The lowest BCUT2D eigenvalue weighted by Crippen LogP contribution is -2.40. The van der Waals surface area contributed by atoms with Gasteiger partial charge in [0, 0.05) is 19.7 Å². The maximum atomic E-state index is 10.2. The third-order valence-electron chi connectivity index (χ3n) is 4.95. The molecule has 26 heavy (non-hydrogen) atoms. The summed E-state index contributed by atoms with van der Waals surface area (Å²) in [6.45, 7) is 1.57. The number of hydrogen-bond acceptors (Lipinski definition) is 4. The van der Waals surface area contributed by atoms with Gasteiger partial charge in [0.25, 0.3) is 0 Å². The predicted molar refractivity (Wildman–Crippen MR) is 104 cm³/mol. The number of aliphatic hydroxyl groups is 1. The fourth-order valence-corrected chi connectivity index (χ4v) is 3.40. The summed E-state index contributed by atoms with van der Waals surface area (Å²) in [6, 6.07) is 17.0. The highest BCUT2D eigenvalue weighted by molar-refractivity contribution is 5.30. The molecule has 4 heteroatoms. The molecule has 2 atom stereocenters. The van der Waals surface area contributed by atoms with E-state index in [-0.39, 0.29) is 0 Å². The molecule has 2 N–H and O–H groups in total. The van der Waals surface area contributed by atoms with Crippen LogP contribution in [0.4, 0.5) is 0 Å². The van der Waals surface area contributed by atoms with Crippen LogP contribution in [-0.2, 0) is 24.0 Å². The van der Waals surface area contributed by atoms with Crippen LogP contribution in [0.2, 0.25) is 0 Å². The summed E-state index contributed by atoms with van der Waals surface area (Å²) in [5.74, 6) is 0.789. The van der Waals surface area contributed by atoms with Gasteiger partial charge in [-0.2, -0.15) is 0 Å². The van der Waals surface area contributed by atoms with Gasteiger partial charge in [0.1, 0.15) is 18.5 Å². The maximum Gasteiger partial charge on any atom is 0.119 e. The molecule has 0 radical (unpaired) electrons. The molecule has 0 bridgehead atoms. The van der Waals surface area contributed by atoms with Crippen LogP contribution in [0.15, 0.2) is 48.5 Å². The Balaban J connectivity index is 1.37. The summed E-state index contributed by atoms with van der Waals surface area (Å²) in [7, 11) is 1.71. The smallest absolute Gasteiger partial charge is 0.119 e. The Hall–Kier alpha value is -1.88. The predicted octanol–water partition coefficient (Wildman–Crippen LogP) is 2.76. The quantitative estimate of drug-likeness (QED) is 0.726. The van der Waals surface area contributed by atoms with Crippen molar-refractivity contribution in [3.05, 3.63) is 65.2 Å². The van der Waals surface area contributed by atoms with Crippen molar-refractivity contribution in [1.29, 1.82) is 0 Å². The van der Waals surface area contributed by atoms with E-state index in [0.717, 1.165) is 38.0 Å². The second-order valence-corrected chi connectivity index (χ2v) is 6.97. The normalized spacial score (nSPS) is 17.5. The fourth-order valence-electron chi connectivity index (χ4n) is 3.40. The maximum absolute atomic E-state index is 10.2. The van der Waals surface area contributed by atoms with E-state index >= 15 is 0 Å². The topological polar surface area (TPSA) is 50.7 Å². The van der Waals surface area contributed by atoms with Crippen LogP contribution in [-0.4, -0.2) is 44.1 Å². The number of methoxy groups -OCH3 is 1.